The highest BCUT2D eigenvalue weighted by molar-refractivity contribution is 7.89. The predicted molar refractivity (Wildman–Crippen MR) is 87.9 cm³/mol. The van der Waals surface area contributed by atoms with Crippen molar-refractivity contribution in [1.82, 2.24) is 15.4 Å². The molecule has 0 aliphatic heterocycles. The molecule has 1 rings (SSSR count). The van der Waals surface area contributed by atoms with Gasteiger partial charge in [0.15, 0.2) is 0 Å². The highest BCUT2D eigenvalue weighted by atomic mass is 32.2. The average Bonchev–Trinajstić information content (AvgIpc) is 2.56. The second-order valence-corrected chi connectivity index (χ2v) is 6.26. The summed E-state index contributed by atoms with van der Waals surface area (Å²) in [5.74, 6) is 0. The maximum Gasteiger partial charge on any atom is 0.315 e. The monoisotopic (exact) mass is 357 g/mol. The van der Waals surface area contributed by atoms with Gasteiger partial charge in [0.25, 0.3) is 5.69 Å². The van der Waals surface area contributed by atoms with Crippen LogP contribution < -0.4 is 21.1 Å². The second-order valence-electron chi connectivity index (χ2n) is 4.50. The number of carbonyl (C=O) groups excluding carboxylic acids is 1. The number of benzene rings is 1. The third-order valence-electron chi connectivity index (χ3n) is 2.72. The first-order chi connectivity index (χ1) is 11.4. The van der Waals surface area contributed by atoms with Crippen LogP contribution in [-0.2, 0) is 10.0 Å². The zero-order valence-corrected chi connectivity index (χ0v) is 13.6. The van der Waals surface area contributed by atoms with Crippen LogP contribution >= 0.6 is 0 Å². The molecular formula is C13H19N5O5S. The topological polar surface area (TPSA) is 156 Å². The van der Waals surface area contributed by atoms with Gasteiger partial charge in [-0.25, -0.2) is 17.9 Å². The highest BCUT2D eigenvalue weighted by Gasteiger charge is 2.16. The number of carbonyl (C=O) groups is 1. The molecule has 0 saturated carbocycles. The molecule has 0 heterocycles. The lowest BCUT2D eigenvalue weighted by atomic mass is 10.3. The van der Waals surface area contributed by atoms with Gasteiger partial charge in [-0.2, -0.15) is 0 Å². The number of nitrogens with one attached hydrogen (secondary N) is 3. The Labute approximate surface area is 139 Å². The molecule has 0 fully saturated rings. The van der Waals surface area contributed by atoms with Gasteiger partial charge in [0.1, 0.15) is 0 Å². The van der Waals surface area contributed by atoms with Crippen LogP contribution in [0.3, 0.4) is 0 Å². The van der Waals surface area contributed by atoms with E-state index in [1.807, 2.05) is 0 Å². The van der Waals surface area contributed by atoms with Crippen molar-refractivity contribution in [2.75, 3.05) is 26.2 Å². The van der Waals surface area contributed by atoms with Crippen LogP contribution in [0.25, 0.3) is 0 Å². The van der Waals surface area contributed by atoms with Crippen molar-refractivity contribution in [2.45, 2.75) is 4.90 Å². The maximum atomic E-state index is 12.0. The van der Waals surface area contributed by atoms with Crippen molar-refractivity contribution in [3.05, 3.63) is 46.5 Å². The van der Waals surface area contributed by atoms with Gasteiger partial charge in [-0.15, -0.1) is 0 Å². The minimum atomic E-state index is -3.89. The van der Waals surface area contributed by atoms with Crippen LogP contribution in [0.4, 0.5) is 10.5 Å². The van der Waals surface area contributed by atoms with Gasteiger partial charge in [-0.05, 0) is 6.07 Å². The second kappa shape index (κ2) is 9.60. The Morgan fingerprint density at radius 3 is 2.67 bits per heavy atom. The summed E-state index contributed by atoms with van der Waals surface area (Å²) in [4.78, 5) is 21.2. The minimum absolute atomic E-state index is 0.0561. The number of hydrogen-bond acceptors (Lipinski definition) is 6. The summed E-state index contributed by atoms with van der Waals surface area (Å²) in [5, 5.41) is 15.7. The third-order valence-corrected chi connectivity index (χ3v) is 4.18. The van der Waals surface area contributed by atoms with Crippen LogP contribution in [-0.4, -0.2) is 45.6 Å². The molecule has 0 saturated heterocycles. The highest BCUT2D eigenvalue weighted by Crippen LogP contribution is 2.16. The van der Waals surface area contributed by atoms with Crippen molar-refractivity contribution >= 4 is 21.7 Å². The van der Waals surface area contributed by atoms with Gasteiger partial charge >= 0.3 is 6.03 Å². The zero-order chi connectivity index (χ0) is 18.0. The van der Waals surface area contributed by atoms with E-state index < -0.39 is 21.0 Å². The molecule has 10 nitrogen and oxygen atoms in total. The Morgan fingerprint density at radius 2 is 2.00 bits per heavy atom. The van der Waals surface area contributed by atoms with E-state index in [1.165, 1.54) is 18.2 Å². The van der Waals surface area contributed by atoms with Crippen molar-refractivity contribution in [2.24, 2.45) is 5.73 Å². The SMILES string of the molecule is NC/C=C/CNC(=O)NCCNS(=O)(=O)c1cccc([N+](=O)[O-])c1. The number of sulfonamides is 1. The summed E-state index contributed by atoms with van der Waals surface area (Å²) in [7, 11) is -3.89. The lowest BCUT2D eigenvalue weighted by Crippen LogP contribution is -2.40. The normalized spacial score (nSPS) is 11.4. The number of hydrogen-bond donors (Lipinski definition) is 4. The number of rotatable bonds is 9. The third kappa shape index (κ3) is 6.73. The molecule has 0 atom stereocenters. The van der Waals surface area contributed by atoms with Crippen molar-refractivity contribution in [1.29, 1.82) is 0 Å². The Balaban J connectivity index is 2.43. The van der Waals surface area contributed by atoms with Gasteiger partial charge in [0, 0.05) is 38.3 Å². The maximum absolute atomic E-state index is 12.0. The van der Waals surface area contributed by atoms with Gasteiger partial charge < -0.3 is 16.4 Å². The summed E-state index contributed by atoms with van der Waals surface area (Å²) in [5.41, 5.74) is 4.92. The number of nitro benzene ring substituents is 1. The summed E-state index contributed by atoms with van der Waals surface area (Å²) < 4.78 is 26.3. The fraction of sp³-hybridized carbons (Fsp3) is 0.308. The van der Waals surface area contributed by atoms with E-state index in [0.717, 1.165) is 6.07 Å². The Hall–Kier alpha value is -2.50. The van der Waals surface area contributed by atoms with E-state index in [0.29, 0.717) is 13.1 Å². The molecule has 1 aromatic rings. The summed E-state index contributed by atoms with van der Waals surface area (Å²) >= 11 is 0. The first-order valence-electron chi connectivity index (χ1n) is 6.97. The van der Waals surface area contributed by atoms with E-state index in [-0.39, 0.29) is 23.7 Å². The molecule has 0 bridgehead atoms. The van der Waals surface area contributed by atoms with E-state index in [4.69, 9.17) is 5.73 Å². The molecule has 0 aromatic heterocycles. The first-order valence-corrected chi connectivity index (χ1v) is 8.46. The fourth-order valence-corrected chi connectivity index (χ4v) is 2.67. The molecule has 0 spiro atoms. The number of amides is 2. The Morgan fingerprint density at radius 1 is 1.25 bits per heavy atom. The number of non-ortho nitro benzene ring substituents is 1. The number of nitrogens with zero attached hydrogens (tertiary/aromatic N) is 1. The van der Waals surface area contributed by atoms with Gasteiger partial charge in [0.2, 0.25) is 10.0 Å². The molecule has 0 aliphatic rings. The summed E-state index contributed by atoms with van der Waals surface area (Å²) in [6.45, 7) is 0.683. The lowest BCUT2D eigenvalue weighted by Gasteiger charge is -2.08. The van der Waals surface area contributed by atoms with Gasteiger partial charge in [-0.1, -0.05) is 18.2 Å². The van der Waals surface area contributed by atoms with Crippen LogP contribution in [0.1, 0.15) is 0 Å². The molecule has 0 aliphatic carbocycles. The molecular weight excluding hydrogens is 338 g/mol. The van der Waals surface area contributed by atoms with Crippen molar-refractivity contribution < 1.29 is 18.1 Å². The standard InChI is InChI=1S/C13H19N5O5S/c14-6-1-2-7-15-13(19)16-8-9-17-24(22,23)12-5-3-4-11(10-12)18(20)21/h1-5,10,17H,6-9,14H2,(H2,15,16,19)/b2-1+. The van der Waals surface area contributed by atoms with Gasteiger partial charge in [0.05, 0.1) is 9.82 Å². The number of urea groups is 1. The average molecular weight is 357 g/mol. The minimum Gasteiger partial charge on any atom is -0.337 e. The fourth-order valence-electron chi connectivity index (χ4n) is 1.60. The number of nitrogens with two attached hydrogens (primary N) is 1. The van der Waals surface area contributed by atoms with E-state index in [2.05, 4.69) is 15.4 Å². The smallest absolute Gasteiger partial charge is 0.315 e. The van der Waals surface area contributed by atoms with E-state index in [9.17, 15) is 23.3 Å². The molecule has 24 heavy (non-hydrogen) atoms. The lowest BCUT2D eigenvalue weighted by molar-refractivity contribution is -0.385. The van der Waals surface area contributed by atoms with Crippen LogP contribution in [0.2, 0.25) is 0 Å². The zero-order valence-electron chi connectivity index (χ0n) is 12.8. The van der Waals surface area contributed by atoms with Crippen molar-refractivity contribution in [3.8, 4) is 0 Å². The van der Waals surface area contributed by atoms with E-state index in [1.54, 1.807) is 12.2 Å². The van der Waals surface area contributed by atoms with Crippen LogP contribution in [0.5, 0.6) is 0 Å². The predicted octanol–water partition coefficient (Wildman–Crippen LogP) is -0.313. The molecule has 11 heteroatoms. The molecule has 0 unspecified atom stereocenters. The molecule has 2 amide bonds. The van der Waals surface area contributed by atoms with Gasteiger partial charge in [-0.3, -0.25) is 10.1 Å². The Kier molecular flexibility index (Phi) is 7.82. The molecule has 0 radical (unpaired) electrons. The summed E-state index contributed by atoms with van der Waals surface area (Å²) in [6, 6.07) is 4.24. The largest absolute Gasteiger partial charge is 0.337 e. The molecule has 1 aromatic carbocycles. The van der Waals surface area contributed by atoms with Crippen molar-refractivity contribution in [3.63, 3.8) is 0 Å². The molecule has 5 N–H and O–H groups in total. The quantitative estimate of drug-likeness (QED) is 0.205. The van der Waals surface area contributed by atoms with Crippen LogP contribution in [0, 0.1) is 10.1 Å². The van der Waals surface area contributed by atoms with Crippen LogP contribution in [0.15, 0.2) is 41.3 Å². The Bertz CT molecular complexity index is 704. The summed E-state index contributed by atoms with van der Waals surface area (Å²) in [6.07, 6.45) is 3.37. The molecule has 132 valence electrons. The van der Waals surface area contributed by atoms with E-state index >= 15 is 0 Å². The first kappa shape index (κ1) is 19.5. The number of nitro groups is 1.